The summed E-state index contributed by atoms with van der Waals surface area (Å²) in [5, 5.41) is 47.9. The summed E-state index contributed by atoms with van der Waals surface area (Å²) in [7, 11) is 0. The Morgan fingerprint density at radius 2 is 1.88 bits per heavy atom. The van der Waals surface area contributed by atoms with Gasteiger partial charge in [0.25, 0.3) is 0 Å². The number of carbonyl (C=O) groups is 1. The highest BCUT2D eigenvalue weighted by atomic mass is 35.5. The fourth-order valence-electron chi connectivity index (χ4n) is 2.17. The maximum Gasteiger partial charge on any atom is 0.371 e. The second kappa shape index (κ2) is 7.93. The summed E-state index contributed by atoms with van der Waals surface area (Å²) >= 11 is 5.95. The fraction of sp³-hybridized carbons (Fsp3) is 0.400. The second-order valence-electron chi connectivity index (χ2n) is 5.15. The Morgan fingerprint density at radius 3 is 2.46 bits per heavy atom. The van der Waals surface area contributed by atoms with E-state index in [0.29, 0.717) is 5.56 Å². The first-order valence-electron chi connectivity index (χ1n) is 7.02. The molecular formula is C15H17ClO8. The van der Waals surface area contributed by atoms with Gasteiger partial charge in [-0.3, -0.25) is 0 Å². The molecule has 1 aromatic carbocycles. The van der Waals surface area contributed by atoms with Gasteiger partial charge in [-0.2, -0.15) is 0 Å². The van der Waals surface area contributed by atoms with E-state index in [-0.39, 0.29) is 5.02 Å². The first-order valence-corrected chi connectivity index (χ1v) is 7.39. The van der Waals surface area contributed by atoms with Crippen molar-refractivity contribution in [2.75, 3.05) is 6.61 Å². The Balaban J connectivity index is 2.24. The summed E-state index contributed by atoms with van der Waals surface area (Å²) in [6.45, 7) is -0.651. The lowest BCUT2D eigenvalue weighted by atomic mass is 9.99. The molecule has 5 atom stereocenters. The zero-order valence-corrected chi connectivity index (χ0v) is 13.1. The number of hydrogen-bond donors (Lipinski definition) is 5. The van der Waals surface area contributed by atoms with E-state index in [2.05, 4.69) is 0 Å². The minimum absolute atomic E-state index is 0.286. The first kappa shape index (κ1) is 18.7. The van der Waals surface area contributed by atoms with Gasteiger partial charge in [0.1, 0.15) is 24.4 Å². The summed E-state index contributed by atoms with van der Waals surface area (Å²) in [4.78, 5) is 11.4. The number of ether oxygens (including phenoxy) is 2. The predicted molar refractivity (Wildman–Crippen MR) is 81.9 cm³/mol. The van der Waals surface area contributed by atoms with E-state index in [4.69, 9.17) is 26.2 Å². The molecule has 0 unspecified atom stereocenters. The molecule has 2 rings (SSSR count). The molecule has 1 aliphatic heterocycles. The zero-order valence-electron chi connectivity index (χ0n) is 12.3. The van der Waals surface area contributed by atoms with Gasteiger partial charge >= 0.3 is 5.97 Å². The largest absolute Gasteiger partial charge is 0.475 e. The van der Waals surface area contributed by atoms with Crippen molar-refractivity contribution in [1.29, 1.82) is 0 Å². The van der Waals surface area contributed by atoms with Crippen molar-refractivity contribution in [3.05, 3.63) is 40.6 Å². The van der Waals surface area contributed by atoms with Crippen LogP contribution in [-0.2, 0) is 14.3 Å². The molecule has 0 radical (unpaired) electrons. The van der Waals surface area contributed by atoms with E-state index < -0.39 is 49.0 Å². The summed E-state index contributed by atoms with van der Waals surface area (Å²) in [6.07, 6.45) is -6.61. The number of aliphatic carboxylic acids is 1. The van der Waals surface area contributed by atoms with E-state index in [1.54, 1.807) is 24.3 Å². The number of rotatable bonds is 5. The van der Waals surface area contributed by atoms with Gasteiger partial charge in [0.2, 0.25) is 12.0 Å². The summed E-state index contributed by atoms with van der Waals surface area (Å²) < 4.78 is 10.2. The van der Waals surface area contributed by atoms with Gasteiger partial charge in [-0.15, -0.1) is 0 Å². The van der Waals surface area contributed by atoms with Crippen molar-refractivity contribution < 1.29 is 39.8 Å². The van der Waals surface area contributed by atoms with Crippen molar-refractivity contribution in [2.24, 2.45) is 0 Å². The van der Waals surface area contributed by atoms with Gasteiger partial charge in [0.05, 0.1) is 6.61 Å². The molecule has 1 aliphatic rings. The average Bonchev–Trinajstić information content (AvgIpc) is 2.56. The Kier molecular flexibility index (Phi) is 6.16. The third kappa shape index (κ3) is 4.04. The van der Waals surface area contributed by atoms with Crippen LogP contribution in [0.4, 0.5) is 0 Å². The zero-order chi connectivity index (χ0) is 17.9. The van der Waals surface area contributed by atoms with Crippen LogP contribution in [0.1, 0.15) is 5.56 Å². The van der Waals surface area contributed by atoms with Crippen molar-refractivity contribution in [2.45, 2.75) is 30.7 Å². The molecule has 1 aromatic rings. The normalized spacial score (nSPS) is 30.9. The Morgan fingerprint density at radius 1 is 1.21 bits per heavy atom. The monoisotopic (exact) mass is 360 g/mol. The smallest absolute Gasteiger partial charge is 0.371 e. The Hall–Kier alpha value is -1.68. The number of benzene rings is 1. The minimum atomic E-state index is -1.71. The number of aliphatic hydroxyl groups is 4. The van der Waals surface area contributed by atoms with Gasteiger partial charge in [0, 0.05) is 5.02 Å². The molecule has 5 N–H and O–H groups in total. The molecule has 24 heavy (non-hydrogen) atoms. The lowest BCUT2D eigenvalue weighted by Crippen LogP contribution is -2.59. The molecular weight excluding hydrogens is 344 g/mol. The van der Waals surface area contributed by atoms with E-state index in [1.165, 1.54) is 0 Å². The topological polar surface area (TPSA) is 137 Å². The molecule has 0 spiro atoms. The summed E-state index contributed by atoms with van der Waals surface area (Å²) in [6, 6.07) is 6.42. The van der Waals surface area contributed by atoms with Crippen LogP contribution in [0.25, 0.3) is 6.08 Å². The molecule has 1 fully saturated rings. The number of halogens is 1. The van der Waals surface area contributed by atoms with Crippen molar-refractivity contribution in [3.8, 4) is 0 Å². The quantitative estimate of drug-likeness (QED) is 0.353. The standard InChI is InChI=1S/C15H17ClO8/c16-8-4-2-1-3-7(8)5-9(14(21)22)23-15-13(20)12(19)11(18)10(6-17)24-15/h1-5,10-13,15,17-20H,6H2,(H,21,22)/b9-5+/t10-,11+,12-,13+,15-/m0/s1. The van der Waals surface area contributed by atoms with Crippen LogP contribution in [0.5, 0.6) is 0 Å². The predicted octanol–water partition coefficient (Wildman–Crippen LogP) is -0.418. The highest BCUT2D eigenvalue weighted by Gasteiger charge is 2.45. The van der Waals surface area contributed by atoms with Gasteiger partial charge in [0.15, 0.2) is 0 Å². The molecule has 1 saturated heterocycles. The van der Waals surface area contributed by atoms with Crippen molar-refractivity contribution >= 4 is 23.6 Å². The molecule has 8 nitrogen and oxygen atoms in total. The van der Waals surface area contributed by atoms with Gasteiger partial charge in [-0.05, 0) is 17.7 Å². The van der Waals surface area contributed by atoms with Gasteiger partial charge < -0.3 is 35.0 Å². The number of hydrogen-bond acceptors (Lipinski definition) is 7. The summed E-state index contributed by atoms with van der Waals surface area (Å²) in [5.74, 6) is -2.04. The molecule has 132 valence electrons. The molecule has 0 amide bonds. The maximum atomic E-state index is 11.4. The van der Waals surface area contributed by atoms with Crippen LogP contribution in [0.15, 0.2) is 30.0 Å². The highest BCUT2D eigenvalue weighted by Crippen LogP contribution is 2.25. The lowest BCUT2D eigenvalue weighted by molar-refractivity contribution is -0.291. The van der Waals surface area contributed by atoms with Crippen LogP contribution < -0.4 is 0 Å². The fourth-order valence-corrected chi connectivity index (χ4v) is 2.36. The Labute approximate surface area is 142 Å². The third-order valence-electron chi connectivity index (χ3n) is 3.49. The maximum absolute atomic E-state index is 11.4. The van der Waals surface area contributed by atoms with Crippen molar-refractivity contribution in [1.82, 2.24) is 0 Å². The van der Waals surface area contributed by atoms with Crippen LogP contribution in [0.2, 0.25) is 5.02 Å². The SMILES string of the molecule is O=C(O)/C(=C\c1ccccc1Cl)O[C@H]1O[C@@H](CO)[C@@H](O)[C@H](O)[C@H]1O. The van der Waals surface area contributed by atoms with Gasteiger partial charge in [-0.25, -0.2) is 4.79 Å². The third-order valence-corrected chi connectivity index (χ3v) is 3.84. The van der Waals surface area contributed by atoms with E-state index in [1.807, 2.05) is 0 Å². The van der Waals surface area contributed by atoms with Crippen LogP contribution >= 0.6 is 11.6 Å². The van der Waals surface area contributed by atoms with Crippen LogP contribution in [-0.4, -0.2) is 68.8 Å². The molecule has 9 heteroatoms. The summed E-state index contributed by atoms with van der Waals surface area (Å²) in [5.41, 5.74) is 0.362. The van der Waals surface area contributed by atoms with E-state index in [9.17, 15) is 25.2 Å². The van der Waals surface area contributed by atoms with Crippen molar-refractivity contribution in [3.63, 3.8) is 0 Å². The highest BCUT2D eigenvalue weighted by molar-refractivity contribution is 6.32. The lowest BCUT2D eigenvalue weighted by Gasteiger charge is -2.39. The second-order valence-corrected chi connectivity index (χ2v) is 5.56. The molecule has 0 aliphatic carbocycles. The Bertz CT molecular complexity index is 617. The molecule has 0 aromatic heterocycles. The van der Waals surface area contributed by atoms with E-state index in [0.717, 1.165) is 6.08 Å². The molecule has 0 bridgehead atoms. The van der Waals surface area contributed by atoms with E-state index >= 15 is 0 Å². The van der Waals surface area contributed by atoms with Gasteiger partial charge in [-0.1, -0.05) is 29.8 Å². The number of aliphatic hydroxyl groups excluding tert-OH is 4. The van der Waals surface area contributed by atoms with Crippen LogP contribution in [0.3, 0.4) is 0 Å². The molecule has 1 heterocycles. The first-order chi connectivity index (χ1) is 11.3. The molecule has 0 saturated carbocycles. The van der Waals surface area contributed by atoms with Crippen LogP contribution in [0, 0.1) is 0 Å². The number of carboxylic acid groups (broad SMARTS) is 1. The average molecular weight is 361 g/mol. The number of carboxylic acids is 1. The minimum Gasteiger partial charge on any atom is -0.475 e.